The molecule has 10 aromatic rings. The molecule has 2 heterocycles. The van der Waals surface area contributed by atoms with Crippen molar-refractivity contribution in [3.8, 4) is 44.8 Å². The van der Waals surface area contributed by atoms with Crippen molar-refractivity contribution in [2.45, 2.75) is 33.9 Å². The first kappa shape index (κ1) is 38.3. The quantitative estimate of drug-likeness (QED) is 0.154. The highest BCUT2D eigenvalue weighted by molar-refractivity contribution is 6.13. The fourth-order valence-electron chi connectivity index (χ4n) is 9.44. The third-order valence-corrected chi connectivity index (χ3v) is 12.2. The predicted octanol–water partition coefficient (Wildman–Crippen LogP) is 16.2. The van der Waals surface area contributed by atoms with E-state index < -0.39 is 11.7 Å². The van der Waals surface area contributed by atoms with Crippen molar-refractivity contribution in [3.05, 3.63) is 202 Å². The third-order valence-electron chi connectivity index (χ3n) is 12.2. The van der Waals surface area contributed by atoms with E-state index in [0.717, 1.165) is 83.1 Å². The van der Waals surface area contributed by atoms with Crippen LogP contribution in [-0.4, -0.2) is 9.13 Å². The first-order valence-corrected chi connectivity index (χ1v) is 20.3. The maximum Gasteiger partial charge on any atom is 0.415 e. The van der Waals surface area contributed by atoms with Crippen LogP contribution >= 0.6 is 0 Å². The average molecular weight is 811 g/mol. The van der Waals surface area contributed by atoms with Crippen molar-refractivity contribution in [2.75, 3.05) is 0 Å². The number of para-hydroxylation sites is 2. The van der Waals surface area contributed by atoms with Crippen molar-refractivity contribution in [3.63, 3.8) is 0 Å². The summed E-state index contributed by atoms with van der Waals surface area (Å²) in [7, 11) is 0. The molecule has 8 aromatic carbocycles. The van der Waals surface area contributed by atoms with Crippen LogP contribution in [0.5, 0.6) is 0 Å². The van der Waals surface area contributed by atoms with Crippen molar-refractivity contribution in [1.82, 2.24) is 9.13 Å². The van der Waals surface area contributed by atoms with E-state index in [0.29, 0.717) is 11.4 Å². The summed E-state index contributed by atoms with van der Waals surface area (Å²) in [5.41, 5.74) is 12.2. The van der Waals surface area contributed by atoms with Crippen LogP contribution in [-0.2, 0) is 6.18 Å². The van der Waals surface area contributed by atoms with Crippen LogP contribution in [0.3, 0.4) is 0 Å². The molecule has 7 heteroatoms. The van der Waals surface area contributed by atoms with Gasteiger partial charge in [0.25, 0.3) is 0 Å². The minimum atomic E-state index is -4.79. The van der Waals surface area contributed by atoms with Crippen LogP contribution in [0, 0.1) is 40.8 Å². The zero-order chi connectivity index (χ0) is 43.0. The fraction of sp³-hybridized carbons (Fsp3) is 0.0909. The van der Waals surface area contributed by atoms with Gasteiger partial charge in [-0.3, -0.25) is 0 Å². The largest absolute Gasteiger partial charge is 0.415 e. The lowest BCUT2D eigenvalue weighted by Gasteiger charge is -2.22. The number of aromatic nitrogens is 2. The highest BCUT2D eigenvalue weighted by atomic mass is 19.4. The highest BCUT2D eigenvalue weighted by Crippen LogP contribution is 2.49. The van der Waals surface area contributed by atoms with Crippen molar-refractivity contribution in [2.24, 2.45) is 0 Å². The van der Waals surface area contributed by atoms with Gasteiger partial charge in [-0.05, 0) is 121 Å². The number of hydrogen-bond donors (Lipinski definition) is 0. The van der Waals surface area contributed by atoms with E-state index in [1.807, 2.05) is 36.4 Å². The minimum Gasteiger partial charge on any atom is -0.308 e. The molecule has 0 aliphatic heterocycles. The number of fused-ring (bicyclic) bond motifs is 6. The van der Waals surface area contributed by atoms with Gasteiger partial charge in [-0.1, -0.05) is 114 Å². The molecule has 0 spiro atoms. The molecule has 2 aromatic heterocycles. The van der Waals surface area contributed by atoms with Gasteiger partial charge in [0, 0.05) is 21.5 Å². The molecule has 0 unspecified atom stereocenters. The lowest BCUT2D eigenvalue weighted by molar-refractivity contribution is -0.137. The summed E-state index contributed by atoms with van der Waals surface area (Å²) in [5.74, 6) is 0. The normalized spacial score (nSPS) is 11.8. The summed E-state index contributed by atoms with van der Waals surface area (Å²) in [6, 6.07) is 48.8. The molecular formula is C55H37F3N4. The summed E-state index contributed by atoms with van der Waals surface area (Å²) in [6.07, 6.45) is -4.79. The summed E-state index contributed by atoms with van der Waals surface area (Å²) in [4.78, 5) is 7.48. The van der Waals surface area contributed by atoms with Gasteiger partial charge in [0.1, 0.15) is 0 Å². The molecule has 0 saturated carbocycles. The first-order chi connectivity index (χ1) is 29.9. The lowest BCUT2D eigenvalue weighted by Crippen LogP contribution is -2.08. The van der Waals surface area contributed by atoms with Crippen LogP contribution in [0.1, 0.15) is 27.8 Å². The van der Waals surface area contributed by atoms with Gasteiger partial charge in [0.2, 0.25) is 0 Å². The number of rotatable bonds is 5. The Bertz CT molecular complexity index is 3590. The second kappa shape index (κ2) is 14.4. The maximum absolute atomic E-state index is 15.0. The fourth-order valence-corrected chi connectivity index (χ4v) is 9.44. The van der Waals surface area contributed by atoms with Gasteiger partial charge >= 0.3 is 6.18 Å². The van der Waals surface area contributed by atoms with Crippen molar-refractivity contribution >= 4 is 55.0 Å². The zero-order valence-corrected chi connectivity index (χ0v) is 34.4. The topological polar surface area (TPSA) is 18.6 Å². The maximum atomic E-state index is 15.0. The van der Waals surface area contributed by atoms with Gasteiger partial charge in [0.05, 0.1) is 52.1 Å². The Balaban J connectivity index is 1.34. The Kier molecular flexibility index (Phi) is 8.91. The Hall–Kier alpha value is -7.87. The van der Waals surface area contributed by atoms with Crippen LogP contribution < -0.4 is 0 Å². The number of nitrogens with zero attached hydrogens (tertiary/aromatic N) is 4. The standard InChI is InChI=1S/C55H37F3N4/c1-32-18-22-38(34(3)26-32)36-20-24-50-42(28-36)40-12-7-9-16-48(40)61(50)52-30-44(54-45(55(56,57)58)14-11-15-46(54)59-5)47(60-6)31-53(52)62-49-17-10-8-13-41(49)43-29-37(21-25-51(43)62)39-23-19-33(2)27-35(39)4/h7-31H,1-4H3. The first-order valence-electron chi connectivity index (χ1n) is 20.3. The van der Waals surface area contributed by atoms with Gasteiger partial charge in [0.15, 0.2) is 11.4 Å². The lowest BCUT2D eigenvalue weighted by atomic mass is 9.94. The molecule has 0 atom stereocenters. The summed E-state index contributed by atoms with van der Waals surface area (Å²) < 4.78 is 49.1. The average Bonchev–Trinajstić information content (AvgIpc) is 3.77. The molecule has 298 valence electrons. The van der Waals surface area contributed by atoms with Gasteiger partial charge in [-0.2, -0.15) is 13.2 Å². The summed E-state index contributed by atoms with van der Waals surface area (Å²) >= 11 is 0. The van der Waals surface area contributed by atoms with Crippen molar-refractivity contribution in [1.29, 1.82) is 0 Å². The molecule has 62 heavy (non-hydrogen) atoms. The van der Waals surface area contributed by atoms with E-state index >= 15 is 0 Å². The molecule has 0 radical (unpaired) electrons. The minimum absolute atomic E-state index is 0.00100. The molecule has 0 aliphatic rings. The second-order valence-corrected chi connectivity index (χ2v) is 16.1. The van der Waals surface area contributed by atoms with Crippen LogP contribution in [0.4, 0.5) is 24.5 Å². The predicted molar refractivity (Wildman–Crippen MR) is 248 cm³/mol. The van der Waals surface area contributed by atoms with Crippen LogP contribution in [0.25, 0.3) is 98.1 Å². The Morgan fingerprint density at radius 3 is 1.40 bits per heavy atom. The molecule has 0 fully saturated rings. The van der Waals surface area contributed by atoms with Gasteiger partial charge in [-0.15, -0.1) is 0 Å². The Morgan fingerprint density at radius 2 is 0.919 bits per heavy atom. The SMILES string of the molecule is [C-]#[N+]c1cc(-n2c3ccccc3c3cc(-c4ccc(C)cc4C)ccc32)c(-n2c3ccccc3c3cc(-c4ccc(C)cc4C)ccc32)cc1-c1c([N+]#[C-])cccc1C(F)(F)F. The third kappa shape index (κ3) is 6.05. The Morgan fingerprint density at radius 1 is 0.435 bits per heavy atom. The molecule has 0 bridgehead atoms. The molecular weight excluding hydrogens is 774 g/mol. The molecule has 10 rings (SSSR count). The van der Waals surface area contributed by atoms with Crippen LogP contribution in [0.15, 0.2) is 152 Å². The second-order valence-electron chi connectivity index (χ2n) is 16.1. The number of hydrogen-bond acceptors (Lipinski definition) is 0. The van der Waals surface area contributed by atoms with E-state index in [1.54, 1.807) is 12.1 Å². The summed E-state index contributed by atoms with van der Waals surface area (Å²) in [5, 5.41) is 3.92. The smallest absolute Gasteiger partial charge is 0.308 e. The van der Waals surface area contributed by atoms with E-state index in [-0.39, 0.29) is 22.5 Å². The van der Waals surface area contributed by atoms with Crippen LogP contribution in [0.2, 0.25) is 0 Å². The molecule has 4 nitrogen and oxygen atoms in total. The zero-order valence-electron chi connectivity index (χ0n) is 34.4. The monoisotopic (exact) mass is 810 g/mol. The Labute approximate surface area is 357 Å². The van der Waals surface area contributed by atoms with E-state index in [1.165, 1.54) is 23.3 Å². The highest BCUT2D eigenvalue weighted by Gasteiger charge is 2.36. The van der Waals surface area contributed by atoms with Gasteiger partial charge < -0.3 is 9.13 Å². The number of aryl methyl sites for hydroxylation is 4. The molecule has 0 amide bonds. The molecule has 0 saturated heterocycles. The number of benzene rings is 8. The number of alkyl halides is 3. The van der Waals surface area contributed by atoms with E-state index in [9.17, 15) is 13.2 Å². The van der Waals surface area contributed by atoms with E-state index in [2.05, 4.69) is 131 Å². The van der Waals surface area contributed by atoms with Gasteiger partial charge in [-0.25, -0.2) is 9.69 Å². The van der Waals surface area contributed by atoms with E-state index in [4.69, 9.17) is 13.1 Å². The van der Waals surface area contributed by atoms with Crippen molar-refractivity contribution < 1.29 is 13.2 Å². The summed E-state index contributed by atoms with van der Waals surface area (Å²) in [6.45, 7) is 24.9. The molecule has 0 aliphatic carbocycles. The number of halogens is 3. The molecule has 0 N–H and O–H groups in total.